The molecule has 2 aromatic heterocycles. The second kappa shape index (κ2) is 3.76. The van der Waals surface area contributed by atoms with Crippen LogP contribution >= 0.6 is 0 Å². The molecule has 2 aliphatic rings. The van der Waals surface area contributed by atoms with E-state index >= 15 is 0 Å². The second-order valence-electron chi connectivity index (χ2n) is 5.65. The molecule has 98 valence electrons. The van der Waals surface area contributed by atoms with Crippen molar-refractivity contribution in [3.05, 3.63) is 24.4 Å². The summed E-state index contributed by atoms with van der Waals surface area (Å²) >= 11 is 0. The van der Waals surface area contributed by atoms with Crippen LogP contribution in [0.2, 0.25) is 0 Å². The fourth-order valence-electron chi connectivity index (χ4n) is 3.21. The number of carbonyl (C=O) groups is 1. The van der Waals surface area contributed by atoms with E-state index in [1.165, 1.54) is 25.7 Å². The standard InChI is InChI=1S/C13H15N5O/c19-12(16-10-2-1-3-13(10)4-5-13)9-7-18-8-15-17-11(18)6-14-9/h6-8,10H,1-5H2,(H,16,19). The predicted octanol–water partition coefficient (Wildman–Crippen LogP) is 1.19. The average Bonchev–Trinajstić information content (AvgIpc) is 2.88. The smallest absolute Gasteiger partial charge is 0.271 e. The summed E-state index contributed by atoms with van der Waals surface area (Å²) in [7, 11) is 0. The van der Waals surface area contributed by atoms with E-state index in [9.17, 15) is 4.79 Å². The molecule has 0 radical (unpaired) electrons. The van der Waals surface area contributed by atoms with Gasteiger partial charge in [-0.15, -0.1) is 10.2 Å². The molecule has 6 heteroatoms. The van der Waals surface area contributed by atoms with Crippen LogP contribution in [0.15, 0.2) is 18.7 Å². The van der Waals surface area contributed by atoms with Gasteiger partial charge in [-0.05, 0) is 31.1 Å². The minimum atomic E-state index is -0.0891. The van der Waals surface area contributed by atoms with Crippen LogP contribution in [-0.4, -0.2) is 31.5 Å². The number of rotatable bonds is 2. The van der Waals surface area contributed by atoms with E-state index in [0.717, 1.165) is 6.42 Å². The van der Waals surface area contributed by atoms with Crippen molar-refractivity contribution >= 4 is 11.6 Å². The van der Waals surface area contributed by atoms with Gasteiger partial charge in [0, 0.05) is 12.2 Å². The third-order valence-electron chi connectivity index (χ3n) is 4.52. The van der Waals surface area contributed by atoms with E-state index in [4.69, 9.17) is 0 Å². The molecule has 0 bridgehead atoms. The van der Waals surface area contributed by atoms with Crippen LogP contribution in [0.5, 0.6) is 0 Å². The van der Waals surface area contributed by atoms with Crippen LogP contribution in [0.1, 0.15) is 42.6 Å². The van der Waals surface area contributed by atoms with Crippen molar-refractivity contribution in [3.8, 4) is 0 Å². The van der Waals surface area contributed by atoms with Gasteiger partial charge in [0.25, 0.3) is 5.91 Å². The summed E-state index contributed by atoms with van der Waals surface area (Å²) in [4.78, 5) is 16.4. The highest BCUT2D eigenvalue weighted by molar-refractivity contribution is 5.92. The number of hydrogen-bond acceptors (Lipinski definition) is 4. The number of amides is 1. The first-order chi connectivity index (χ1) is 9.27. The zero-order chi connectivity index (χ0) is 12.9. The van der Waals surface area contributed by atoms with Gasteiger partial charge in [0.15, 0.2) is 5.65 Å². The largest absolute Gasteiger partial charge is 0.347 e. The molecule has 2 aromatic rings. The molecule has 19 heavy (non-hydrogen) atoms. The molecule has 2 saturated carbocycles. The topological polar surface area (TPSA) is 72.2 Å². The number of carbonyl (C=O) groups excluding carboxylic acids is 1. The average molecular weight is 257 g/mol. The summed E-state index contributed by atoms with van der Waals surface area (Å²) in [6, 6.07) is 0.332. The molecule has 6 nitrogen and oxygen atoms in total. The van der Waals surface area contributed by atoms with Crippen molar-refractivity contribution in [3.63, 3.8) is 0 Å². The van der Waals surface area contributed by atoms with E-state index in [2.05, 4.69) is 20.5 Å². The van der Waals surface area contributed by atoms with Gasteiger partial charge in [-0.25, -0.2) is 4.98 Å². The van der Waals surface area contributed by atoms with E-state index in [1.807, 2.05) is 0 Å². The summed E-state index contributed by atoms with van der Waals surface area (Å²) < 4.78 is 1.71. The van der Waals surface area contributed by atoms with Gasteiger partial charge in [-0.1, -0.05) is 6.42 Å². The number of hydrogen-bond donors (Lipinski definition) is 1. The Morgan fingerprint density at radius 1 is 1.42 bits per heavy atom. The summed E-state index contributed by atoms with van der Waals surface area (Å²) in [6.07, 6.45) is 10.9. The van der Waals surface area contributed by atoms with Gasteiger partial charge in [0.05, 0.1) is 6.20 Å². The number of nitrogens with zero attached hydrogens (tertiary/aromatic N) is 4. The maximum atomic E-state index is 12.3. The van der Waals surface area contributed by atoms with Gasteiger partial charge in [0.1, 0.15) is 12.0 Å². The van der Waals surface area contributed by atoms with Gasteiger partial charge in [-0.3, -0.25) is 9.20 Å². The summed E-state index contributed by atoms with van der Waals surface area (Å²) in [6.45, 7) is 0. The van der Waals surface area contributed by atoms with Crippen LogP contribution in [0.4, 0.5) is 0 Å². The SMILES string of the molecule is O=C(NC1CCCC12CC2)c1cn2cnnc2cn1. The fourth-order valence-corrected chi connectivity index (χ4v) is 3.21. The minimum Gasteiger partial charge on any atom is -0.347 e. The Balaban J connectivity index is 1.56. The highest BCUT2D eigenvalue weighted by atomic mass is 16.2. The van der Waals surface area contributed by atoms with Gasteiger partial charge >= 0.3 is 0 Å². The first-order valence-electron chi connectivity index (χ1n) is 6.73. The molecule has 0 aliphatic heterocycles. The molecular formula is C13H15N5O. The Bertz CT molecular complexity index is 645. The number of fused-ring (bicyclic) bond motifs is 1. The summed E-state index contributed by atoms with van der Waals surface area (Å²) in [5, 5.41) is 10.8. The third kappa shape index (κ3) is 1.70. The monoisotopic (exact) mass is 257 g/mol. The molecule has 0 saturated heterocycles. The van der Waals surface area contributed by atoms with Crippen molar-refractivity contribution < 1.29 is 4.79 Å². The molecule has 1 amide bonds. The maximum absolute atomic E-state index is 12.3. The van der Waals surface area contributed by atoms with Crippen molar-refractivity contribution in [2.75, 3.05) is 0 Å². The van der Waals surface area contributed by atoms with E-state index < -0.39 is 0 Å². The lowest BCUT2D eigenvalue weighted by Crippen LogP contribution is -2.38. The quantitative estimate of drug-likeness (QED) is 0.877. The number of nitrogens with one attached hydrogen (secondary N) is 1. The third-order valence-corrected chi connectivity index (χ3v) is 4.52. The van der Waals surface area contributed by atoms with E-state index in [-0.39, 0.29) is 5.91 Å². The Morgan fingerprint density at radius 3 is 3.16 bits per heavy atom. The van der Waals surface area contributed by atoms with Crippen LogP contribution in [0, 0.1) is 5.41 Å². The zero-order valence-electron chi connectivity index (χ0n) is 10.5. The lowest BCUT2D eigenvalue weighted by Gasteiger charge is -2.19. The Hall–Kier alpha value is -1.98. The second-order valence-corrected chi connectivity index (χ2v) is 5.65. The van der Waals surface area contributed by atoms with Crippen LogP contribution < -0.4 is 5.32 Å². The zero-order valence-corrected chi connectivity index (χ0v) is 10.5. The first-order valence-corrected chi connectivity index (χ1v) is 6.73. The number of aromatic nitrogens is 4. The van der Waals surface area contributed by atoms with Crippen molar-refractivity contribution in [2.24, 2.45) is 5.41 Å². The van der Waals surface area contributed by atoms with Gasteiger partial charge in [0.2, 0.25) is 0 Å². The normalized spacial score (nSPS) is 23.9. The maximum Gasteiger partial charge on any atom is 0.271 e. The highest BCUT2D eigenvalue weighted by Gasteiger charge is 2.52. The Kier molecular flexibility index (Phi) is 2.15. The van der Waals surface area contributed by atoms with Gasteiger partial charge < -0.3 is 5.32 Å². The van der Waals surface area contributed by atoms with Crippen LogP contribution in [0.25, 0.3) is 5.65 Å². The van der Waals surface area contributed by atoms with Gasteiger partial charge in [-0.2, -0.15) is 0 Å². The molecule has 4 rings (SSSR count). The molecule has 2 heterocycles. The van der Waals surface area contributed by atoms with Crippen molar-refractivity contribution in [2.45, 2.75) is 38.1 Å². The van der Waals surface area contributed by atoms with Crippen molar-refractivity contribution in [1.29, 1.82) is 0 Å². The molecule has 2 fully saturated rings. The van der Waals surface area contributed by atoms with Crippen molar-refractivity contribution in [1.82, 2.24) is 24.9 Å². The fraction of sp³-hybridized carbons (Fsp3) is 0.538. The molecule has 1 N–H and O–H groups in total. The van der Waals surface area contributed by atoms with E-state index in [1.54, 1.807) is 23.1 Å². The van der Waals surface area contributed by atoms with Crippen LogP contribution in [-0.2, 0) is 0 Å². The molecular weight excluding hydrogens is 242 g/mol. The predicted molar refractivity (Wildman–Crippen MR) is 67.6 cm³/mol. The summed E-state index contributed by atoms with van der Waals surface area (Å²) in [5.41, 5.74) is 1.49. The van der Waals surface area contributed by atoms with Crippen LogP contribution in [0.3, 0.4) is 0 Å². The first kappa shape index (κ1) is 10.9. The highest BCUT2D eigenvalue weighted by Crippen LogP contribution is 2.57. The Morgan fingerprint density at radius 2 is 2.32 bits per heavy atom. The molecule has 1 atom stereocenters. The summed E-state index contributed by atoms with van der Waals surface area (Å²) in [5.74, 6) is -0.0891. The lowest BCUT2D eigenvalue weighted by atomic mass is 10.0. The molecule has 2 aliphatic carbocycles. The lowest BCUT2D eigenvalue weighted by molar-refractivity contribution is 0.0918. The molecule has 1 spiro atoms. The molecule has 0 aromatic carbocycles. The minimum absolute atomic E-state index is 0.0891. The van der Waals surface area contributed by atoms with E-state index in [0.29, 0.717) is 22.8 Å². The Labute approximate surface area is 110 Å². The molecule has 1 unspecified atom stereocenters.